The van der Waals surface area contributed by atoms with Gasteiger partial charge in [0, 0.05) is 19.1 Å². The SMILES string of the molecule is Cc1ccccc1COc1ccccc1C(=O)N1CCC(C(C)N)CC1. The number of hydrogen-bond acceptors (Lipinski definition) is 3. The van der Waals surface area contributed by atoms with Crippen LogP contribution >= 0.6 is 0 Å². The molecule has 0 aromatic heterocycles. The maximum Gasteiger partial charge on any atom is 0.257 e. The maximum absolute atomic E-state index is 13.0. The van der Waals surface area contributed by atoms with Crippen molar-refractivity contribution in [2.45, 2.75) is 39.3 Å². The summed E-state index contributed by atoms with van der Waals surface area (Å²) < 4.78 is 6.01. The van der Waals surface area contributed by atoms with E-state index in [1.165, 1.54) is 5.56 Å². The number of nitrogens with two attached hydrogens (primary N) is 1. The molecule has 0 bridgehead atoms. The van der Waals surface area contributed by atoms with Gasteiger partial charge in [-0.15, -0.1) is 0 Å². The minimum Gasteiger partial charge on any atom is -0.488 e. The van der Waals surface area contributed by atoms with Gasteiger partial charge in [-0.1, -0.05) is 36.4 Å². The van der Waals surface area contributed by atoms with Crippen molar-refractivity contribution in [3.8, 4) is 5.75 Å². The van der Waals surface area contributed by atoms with Crippen LogP contribution in [0.3, 0.4) is 0 Å². The first-order valence-corrected chi connectivity index (χ1v) is 9.37. The Kier molecular flexibility index (Phi) is 5.94. The van der Waals surface area contributed by atoms with Gasteiger partial charge >= 0.3 is 0 Å². The molecule has 1 unspecified atom stereocenters. The third-order valence-electron chi connectivity index (χ3n) is 5.33. The van der Waals surface area contributed by atoms with Gasteiger partial charge in [-0.05, 0) is 55.9 Å². The number of aryl methyl sites for hydroxylation is 1. The fourth-order valence-corrected chi connectivity index (χ4v) is 3.50. The van der Waals surface area contributed by atoms with Crippen molar-refractivity contribution >= 4 is 5.91 Å². The lowest BCUT2D eigenvalue weighted by Gasteiger charge is -2.34. The number of carbonyl (C=O) groups excluding carboxylic acids is 1. The number of hydrogen-bond donors (Lipinski definition) is 1. The van der Waals surface area contributed by atoms with E-state index in [1.807, 2.05) is 41.3 Å². The average molecular weight is 352 g/mol. The number of rotatable bonds is 5. The van der Waals surface area contributed by atoms with Gasteiger partial charge < -0.3 is 15.4 Å². The van der Waals surface area contributed by atoms with Crippen LogP contribution in [0.25, 0.3) is 0 Å². The van der Waals surface area contributed by atoms with Crippen LogP contribution in [0.5, 0.6) is 5.75 Å². The summed E-state index contributed by atoms with van der Waals surface area (Å²) >= 11 is 0. The first kappa shape index (κ1) is 18.5. The predicted molar refractivity (Wildman–Crippen MR) is 104 cm³/mol. The second kappa shape index (κ2) is 8.37. The Morgan fingerprint density at radius 3 is 2.50 bits per heavy atom. The highest BCUT2D eigenvalue weighted by atomic mass is 16.5. The summed E-state index contributed by atoms with van der Waals surface area (Å²) in [5, 5.41) is 0. The Morgan fingerprint density at radius 2 is 1.81 bits per heavy atom. The van der Waals surface area contributed by atoms with Gasteiger partial charge in [0.25, 0.3) is 5.91 Å². The zero-order chi connectivity index (χ0) is 18.5. The molecule has 1 aliphatic heterocycles. The van der Waals surface area contributed by atoms with Crippen LogP contribution in [-0.2, 0) is 6.61 Å². The highest BCUT2D eigenvalue weighted by Gasteiger charge is 2.26. The highest BCUT2D eigenvalue weighted by molar-refractivity contribution is 5.97. The summed E-state index contributed by atoms with van der Waals surface area (Å²) in [6.45, 7) is 6.10. The second-order valence-corrected chi connectivity index (χ2v) is 7.20. The largest absolute Gasteiger partial charge is 0.488 e. The summed E-state index contributed by atoms with van der Waals surface area (Å²) in [6, 6.07) is 15.9. The van der Waals surface area contributed by atoms with Crippen molar-refractivity contribution in [2.24, 2.45) is 11.7 Å². The average Bonchev–Trinajstić information content (AvgIpc) is 2.67. The number of piperidine rings is 1. The van der Waals surface area contributed by atoms with E-state index in [4.69, 9.17) is 10.5 Å². The first-order valence-electron chi connectivity index (χ1n) is 9.37. The van der Waals surface area contributed by atoms with Crippen LogP contribution in [0.2, 0.25) is 0 Å². The summed E-state index contributed by atoms with van der Waals surface area (Å²) in [4.78, 5) is 14.9. The van der Waals surface area contributed by atoms with E-state index in [2.05, 4.69) is 26.0 Å². The quantitative estimate of drug-likeness (QED) is 0.891. The van der Waals surface area contributed by atoms with Crippen molar-refractivity contribution in [3.63, 3.8) is 0 Å². The minimum absolute atomic E-state index is 0.0495. The lowest BCUT2D eigenvalue weighted by Crippen LogP contribution is -2.42. The lowest BCUT2D eigenvalue weighted by molar-refractivity contribution is 0.0676. The van der Waals surface area contributed by atoms with Gasteiger partial charge in [0.15, 0.2) is 0 Å². The van der Waals surface area contributed by atoms with Crippen molar-refractivity contribution in [3.05, 3.63) is 65.2 Å². The van der Waals surface area contributed by atoms with E-state index in [-0.39, 0.29) is 11.9 Å². The van der Waals surface area contributed by atoms with Gasteiger partial charge in [-0.25, -0.2) is 0 Å². The number of ether oxygens (including phenoxy) is 1. The van der Waals surface area contributed by atoms with Crippen LogP contribution in [0, 0.1) is 12.8 Å². The molecule has 1 atom stereocenters. The van der Waals surface area contributed by atoms with Crippen LogP contribution in [0.4, 0.5) is 0 Å². The third kappa shape index (κ3) is 4.25. The molecule has 1 fully saturated rings. The first-order chi connectivity index (χ1) is 12.6. The van der Waals surface area contributed by atoms with Gasteiger partial charge in [0.1, 0.15) is 12.4 Å². The van der Waals surface area contributed by atoms with Crippen molar-refractivity contribution in [1.29, 1.82) is 0 Å². The summed E-state index contributed by atoms with van der Waals surface area (Å²) in [5.41, 5.74) is 8.97. The Balaban J connectivity index is 1.69. The molecular formula is C22H28N2O2. The van der Waals surface area contributed by atoms with Crippen LogP contribution in [0.15, 0.2) is 48.5 Å². The van der Waals surface area contributed by atoms with Crippen LogP contribution in [0.1, 0.15) is 41.3 Å². The summed E-state index contributed by atoms with van der Waals surface area (Å²) in [7, 11) is 0. The standard InChI is InChI=1S/C22H28N2O2/c1-16-7-3-4-8-19(16)15-26-21-10-6-5-9-20(21)22(25)24-13-11-18(12-14-24)17(2)23/h3-10,17-18H,11-15,23H2,1-2H3. The Morgan fingerprint density at radius 1 is 1.15 bits per heavy atom. The van der Waals surface area contributed by atoms with Gasteiger partial charge in [-0.3, -0.25) is 4.79 Å². The molecule has 1 aliphatic rings. The molecule has 4 nitrogen and oxygen atoms in total. The van der Waals surface area contributed by atoms with E-state index < -0.39 is 0 Å². The molecular weight excluding hydrogens is 324 g/mol. The molecule has 1 heterocycles. The lowest BCUT2D eigenvalue weighted by atomic mass is 9.90. The molecule has 1 amide bonds. The van der Waals surface area contributed by atoms with Crippen molar-refractivity contribution < 1.29 is 9.53 Å². The van der Waals surface area contributed by atoms with E-state index in [0.717, 1.165) is 31.5 Å². The Hall–Kier alpha value is -2.33. The van der Waals surface area contributed by atoms with Gasteiger partial charge in [0.05, 0.1) is 5.56 Å². The molecule has 2 aromatic carbocycles. The molecule has 26 heavy (non-hydrogen) atoms. The molecule has 1 saturated heterocycles. The third-order valence-corrected chi connectivity index (χ3v) is 5.33. The molecule has 2 N–H and O–H groups in total. The Labute approximate surface area is 156 Å². The molecule has 0 spiro atoms. The maximum atomic E-state index is 13.0. The predicted octanol–water partition coefficient (Wildman–Crippen LogP) is 3.77. The zero-order valence-corrected chi connectivity index (χ0v) is 15.7. The monoisotopic (exact) mass is 352 g/mol. The van der Waals surface area contributed by atoms with E-state index in [0.29, 0.717) is 23.8 Å². The summed E-state index contributed by atoms with van der Waals surface area (Å²) in [6.07, 6.45) is 1.94. The Bertz CT molecular complexity index is 749. The van der Waals surface area contributed by atoms with Crippen LogP contribution in [-0.4, -0.2) is 29.9 Å². The number of amides is 1. The normalized spacial score (nSPS) is 16.3. The van der Waals surface area contributed by atoms with E-state index in [9.17, 15) is 4.79 Å². The zero-order valence-electron chi connectivity index (χ0n) is 15.7. The topological polar surface area (TPSA) is 55.6 Å². The summed E-state index contributed by atoms with van der Waals surface area (Å²) in [5.74, 6) is 1.20. The molecule has 0 radical (unpaired) electrons. The number of para-hydroxylation sites is 1. The van der Waals surface area contributed by atoms with E-state index in [1.54, 1.807) is 0 Å². The molecule has 4 heteroatoms. The fourth-order valence-electron chi connectivity index (χ4n) is 3.50. The minimum atomic E-state index is 0.0495. The van der Waals surface area contributed by atoms with Crippen molar-refractivity contribution in [1.82, 2.24) is 4.90 Å². The second-order valence-electron chi connectivity index (χ2n) is 7.20. The van der Waals surface area contributed by atoms with Gasteiger partial charge in [0.2, 0.25) is 0 Å². The molecule has 0 aliphatic carbocycles. The van der Waals surface area contributed by atoms with Crippen LogP contribution < -0.4 is 10.5 Å². The molecule has 2 aromatic rings. The molecule has 3 rings (SSSR count). The molecule has 138 valence electrons. The number of benzene rings is 2. The van der Waals surface area contributed by atoms with Gasteiger partial charge in [-0.2, -0.15) is 0 Å². The molecule has 0 saturated carbocycles. The number of carbonyl (C=O) groups is 1. The number of likely N-dealkylation sites (tertiary alicyclic amines) is 1. The fraction of sp³-hybridized carbons (Fsp3) is 0.409. The van der Waals surface area contributed by atoms with Crippen molar-refractivity contribution in [2.75, 3.05) is 13.1 Å². The highest BCUT2D eigenvalue weighted by Crippen LogP contribution is 2.25. The number of nitrogens with zero attached hydrogens (tertiary/aromatic N) is 1. The smallest absolute Gasteiger partial charge is 0.257 e. The van der Waals surface area contributed by atoms with E-state index >= 15 is 0 Å².